The van der Waals surface area contributed by atoms with E-state index >= 15 is 0 Å². The Morgan fingerprint density at radius 1 is 1.21 bits per heavy atom. The van der Waals surface area contributed by atoms with Gasteiger partial charge in [-0.1, -0.05) is 12.6 Å². The van der Waals surface area contributed by atoms with E-state index in [2.05, 4.69) is 22.2 Å². The van der Waals surface area contributed by atoms with E-state index in [1.165, 1.54) is 12.1 Å². The van der Waals surface area contributed by atoms with Gasteiger partial charge in [0, 0.05) is 36.6 Å². The third-order valence-corrected chi connectivity index (χ3v) is 5.67. The number of amides is 1. The highest BCUT2D eigenvalue weighted by molar-refractivity contribution is 5.87. The molecule has 7 heteroatoms. The third kappa shape index (κ3) is 5.49. The van der Waals surface area contributed by atoms with Crippen molar-refractivity contribution in [1.82, 2.24) is 9.88 Å². The lowest BCUT2D eigenvalue weighted by Gasteiger charge is -2.33. The van der Waals surface area contributed by atoms with Gasteiger partial charge in [-0.2, -0.15) is 0 Å². The first-order valence-corrected chi connectivity index (χ1v) is 11.0. The van der Waals surface area contributed by atoms with E-state index in [1.54, 1.807) is 31.5 Å². The van der Waals surface area contributed by atoms with Crippen LogP contribution in [0.5, 0.6) is 11.5 Å². The van der Waals surface area contributed by atoms with Crippen molar-refractivity contribution < 1.29 is 13.9 Å². The summed E-state index contributed by atoms with van der Waals surface area (Å²) in [5.41, 5.74) is 3.08. The molecule has 170 valence electrons. The van der Waals surface area contributed by atoms with Gasteiger partial charge in [-0.05, 0) is 68.3 Å². The molecule has 0 saturated carbocycles. The summed E-state index contributed by atoms with van der Waals surface area (Å²) in [5, 5.41) is 6.92. The lowest BCUT2D eigenvalue weighted by atomic mass is 10.1. The molecule has 1 saturated heterocycles. The summed E-state index contributed by atoms with van der Waals surface area (Å²) in [4.78, 5) is 18.0. The van der Waals surface area contributed by atoms with Crippen LogP contribution in [0.15, 0.2) is 73.6 Å². The number of anilines is 3. The number of carbonyl (C=O) groups excluding carboxylic acids is 1. The van der Waals surface area contributed by atoms with Crippen molar-refractivity contribution in [2.75, 3.05) is 23.7 Å². The van der Waals surface area contributed by atoms with Gasteiger partial charge in [-0.3, -0.25) is 9.78 Å². The maximum atomic E-state index is 13.7. The van der Waals surface area contributed by atoms with Crippen LogP contribution in [0.4, 0.5) is 21.5 Å². The van der Waals surface area contributed by atoms with Gasteiger partial charge in [0.15, 0.2) is 0 Å². The van der Waals surface area contributed by atoms with Crippen LogP contribution in [-0.4, -0.2) is 34.9 Å². The maximum Gasteiger partial charge on any atom is 0.246 e. The molecule has 1 aliphatic rings. The normalized spacial score (nSPS) is 15.6. The van der Waals surface area contributed by atoms with Crippen LogP contribution < -0.4 is 15.4 Å². The molecule has 2 heterocycles. The molecular weight excluding hydrogens is 419 g/mol. The van der Waals surface area contributed by atoms with Crippen LogP contribution in [0, 0.1) is 12.7 Å². The van der Waals surface area contributed by atoms with Gasteiger partial charge in [0.25, 0.3) is 0 Å². The Morgan fingerprint density at radius 2 is 2.03 bits per heavy atom. The van der Waals surface area contributed by atoms with Crippen LogP contribution in [0.3, 0.4) is 0 Å². The fourth-order valence-corrected chi connectivity index (χ4v) is 3.85. The number of nitrogens with zero attached hydrogens (tertiary/aromatic N) is 2. The number of carbonyl (C=O) groups is 1. The van der Waals surface area contributed by atoms with Gasteiger partial charge >= 0.3 is 0 Å². The average Bonchev–Trinajstić information content (AvgIpc) is 2.84. The molecule has 1 amide bonds. The fraction of sp³-hybridized carbons (Fsp3) is 0.231. The number of benzene rings is 2. The van der Waals surface area contributed by atoms with Crippen molar-refractivity contribution in [3.8, 4) is 11.5 Å². The van der Waals surface area contributed by atoms with E-state index in [0.717, 1.165) is 36.4 Å². The smallest absolute Gasteiger partial charge is 0.246 e. The summed E-state index contributed by atoms with van der Waals surface area (Å²) < 4.78 is 19.6. The monoisotopic (exact) mass is 446 g/mol. The first-order valence-electron chi connectivity index (χ1n) is 11.0. The van der Waals surface area contributed by atoms with Gasteiger partial charge < -0.3 is 20.3 Å². The number of hydrogen-bond donors (Lipinski definition) is 2. The van der Waals surface area contributed by atoms with Crippen LogP contribution in [-0.2, 0) is 4.79 Å². The molecule has 2 N–H and O–H groups in total. The Kier molecular flexibility index (Phi) is 6.88. The zero-order valence-corrected chi connectivity index (χ0v) is 18.6. The number of likely N-dealkylation sites (tertiary alicyclic amines) is 1. The number of ether oxygens (including phenoxy) is 1. The molecule has 0 spiro atoms. The number of piperidine rings is 1. The zero-order chi connectivity index (χ0) is 23.2. The molecule has 1 unspecified atom stereocenters. The molecule has 1 aliphatic heterocycles. The Labute approximate surface area is 193 Å². The van der Waals surface area contributed by atoms with Crippen LogP contribution in [0.2, 0.25) is 0 Å². The number of rotatable bonds is 7. The zero-order valence-electron chi connectivity index (χ0n) is 18.6. The SMILES string of the molecule is C=CC(=O)N1CCCC(Nc2ccncc2Nc2ccc(Oc3cccc(F)c3C)cc2)C1. The van der Waals surface area contributed by atoms with Gasteiger partial charge in [0.2, 0.25) is 5.91 Å². The molecule has 1 fully saturated rings. The molecule has 4 rings (SSSR count). The van der Waals surface area contributed by atoms with Crippen molar-refractivity contribution in [1.29, 1.82) is 0 Å². The second-order valence-corrected chi connectivity index (χ2v) is 8.01. The van der Waals surface area contributed by atoms with Gasteiger partial charge in [0.1, 0.15) is 17.3 Å². The Hall–Kier alpha value is -3.87. The summed E-state index contributed by atoms with van der Waals surface area (Å²) in [6.45, 7) is 6.67. The first-order chi connectivity index (χ1) is 16.0. The topological polar surface area (TPSA) is 66.5 Å². The lowest BCUT2D eigenvalue weighted by molar-refractivity contribution is -0.127. The average molecular weight is 447 g/mol. The van der Waals surface area contributed by atoms with Gasteiger partial charge in [-0.15, -0.1) is 0 Å². The summed E-state index contributed by atoms with van der Waals surface area (Å²) in [7, 11) is 0. The first kappa shape index (κ1) is 22.3. The van der Waals surface area contributed by atoms with E-state index in [0.29, 0.717) is 23.6 Å². The highest BCUT2D eigenvalue weighted by atomic mass is 19.1. The molecule has 1 atom stereocenters. The van der Waals surface area contributed by atoms with Gasteiger partial charge in [-0.25, -0.2) is 4.39 Å². The molecule has 2 aromatic carbocycles. The van der Waals surface area contributed by atoms with Crippen molar-refractivity contribution in [2.45, 2.75) is 25.8 Å². The molecule has 1 aromatic heterocycles. The predicted molar refractivity (Wildman–Crippen MR) is 129 cm³/mol. The Bertz CT molecular complexity index is 1130. The molecule has 0 bridgehead atoms. The molecule has 33 heavy (non-hydrogen) atoms. The minimum absolute atomic E-state index is 0.0367. The summed E-state index contributed by atoms with van der Waals surface area (Å²) >= 11 is 0. The largest absolute Gasteiger partial charge is 0.457 e. The van der Waals surface area contributed by atoms with E-state index in [9.17, 15) is 9.18 Å². The number of halogens is 1. The van der Waals surface area contributed by atoms with Crippen LogP contribution >= 0.6 is 0 Å². The second-order valence-electron chi connectivity index (χ2n) is 8.01. The van der Waals surface area contributed by atoms with E-state index in [4.69, 9.17) is 4.74 Å². The number of pyridine rings is 1. The highest BCUT2D eigenvalue weighted by Gasteiger charge is 2.22. The highest BCUT2D eigenvalue weighted by Crippen LogP contribution is 2.30. The molecule has 3 aromatic rings. The minimum Gasteiger partial charge on any atom is -0.457 e. The van der Waals surface area contributed by atoms with Crippen molar-refractivity contribution in [3.63, 3.8) is 0 Å². The molecule has 0 aliphatic carbocycles. The lowest BCUT2D eigenvalue weighted by Crippen LogP contribution is -2.44. The summed E-state index contributed by atoms with van der Waals surface area (Å²) in [5.74, 6) is 0.779. The molecule has 0 radical (unpaired) electrons. The Morgan fingerprint density at radius 3 is 2.82 bits per heavy atom. The van der Waals surface area contributed by atoms with Crippen LogP contribution in [0.1, 0.15) is 18.4 Å². The predicted octanol–water partition coefficient (Wildman–Crippen LogP) is 5.65. The second kappa shape index (κ2) is 10.2. The summed E-state index contributed by atoms with van der Waals surface area (Å²) in [6, 6.07) is 14.3. The quantitative estimate of drug-likeness (QED) is 0.459. The van der Waals surface area contributed by atoms with E-state index < -0.39 is 0 Å². The van der Waals surface area contributed by atoms with E-state index in [1.807, 2.05) is 35.2 Å². The minimum atomic E-state index is -0.294. The van der Waals surface area contributed by atoms with E-state index in [-0.39, 0.29) is 17.8 Å². The van der Waals surface area contributed by atoms with Gasteiger partial charge in [0.05, 0.1) is 17.6 Å². The number of nitrogens with one attached hydrogen (secondary N) is 2. The van der Waals surface area contributed by atoms with Crippen LogP contribution in [0.25, 0.3) is 0 Å². The number of aromatic nitrogens is 1. The fourth-order valence-electron chi connectivity index (χ4n) is 3.85. The summed E-state index contributed by atoms with van der Waals surface area (Å²) in [6.07, 6.45) is 6.79. The maximum absolute atomic E-state index is 13.7. The molecule has 6 nitrogen and oxygen atoms in total. The Balaban J connectivity index is 1.43. The molecular formula is C26H27FN4O2. The van der Waals surface area contributed by atoms with Crippen molar-refractivity contribution >= 4 is 23.0 Å². The van der Waals surface area contributed by atoms with Crippen molar-refractivity contribution in [2.24, 2.45) is 0 Å². The third-order valence-electron chi connectivity index (χ3n) is 5.67. The van der Waals surface area contributed by atoms with Crippen molar-refractivity contribution in [3.05, 3.63) is 85.0 Å². The standard InChI is InChI=1S/C26H27FN4O2/c1-3-26(32)31-15-5-6-20(17-31)30-23-13-14-28-16-24(23)29-19-9-11-21(12-10-19)33-25-8-4-7-22(27)18(25)2/h3-4,7-14,16,20,29H,1,5-6,15,17H2,2H3,(H,28,30). The number of hydrogen-bond acceptors (Lipinski definition) is 5.